The fourth-order valence-electron chi connectivity index (χ4n) is 2.42. The van der Waals surface area contributed by atoms with Crippen molar-refractivity contribution in [3.8, 4) is 0 Å². The van der Waals surface area contributed by atoms with Crippen LogP contribution in [0, 0.1) is 5.92 Å². The minimum absolute atomic E-state index is 0.199. The van der Waals surface area contributed by atoms with Crippen molar-refractivity contribution < 1.29 is 5.11 Å². The molecule has 0 radical (unpaired) electrons. The average Bonchev–Trinajstić information content (AvgIpc) is 2.17. The summed E-state index contributed by atoms with van der Waals surface area (Å²) in [6.07, 6.45) is 2.72. The second-order valence-corrected chi connectivity index (χ2v) is 4.34. The summed E-state index contributed by atoms with van der Waals surface area (Å²) in [6, 6.07) is 10.3. The summed E-state index contributed by atoms with van der Waals surface area (Å²) in [5, 5.41) is 9.93. The molecule has 3 atom stereocenters. The van der Waals surface area contributed by atoms with Gasteiger partial charge in [0.2, 0.25) is 0 Å². The first-order valence-electron chi connectivity index (χ1n) is 5.05. The van der Waals surface area contributed by atoms with Crippen LogP contribution >= 0.6 is 0 Å². The molecule has 0 spiro atoms. The second-order valence-electron chi connectivity index (χ2n) is 4.34. The zero-order valence-corrected chi connectivity index (χ0v) is 8.48. The van der Waals surface area contributed by atoms with Gasteiger partial charge in [-0.15, -0.1) is 6.58 Å². The lowest BCUT2D eigenvalue weighted by molar-refractivity contribution is -0.0739. The molecule has 1 aliphatic carbocycles. The van der Waals surface area contributed by atoms with Gasteiger partial charge in [-0.1, -0.05) is 36.4 Å². The summed E-state index contributed by atoms with van der Waals surface area (Å²) in [7, 11) is 0. The van der Waals surface area contributed by atoms with Crippen LogP contribution in [-0.4, -0.2) is 10.7 Å². The Labute approximate surface area is 85.1 Å². The zero-order valence-electron chi connectivity index (χ0n) is 8.48. The minimum atomic E-state index is -0.553. The predicted octanol–water partition coefficient (Wildman–Crippen LogP) is 2.73. The monoisotopic (exact) mass is 188 g/mol. The summed E-state index contributed by atoms with van der Waals surface area (Å²) in [6.45, 7) is 5.68. The van der Waals surface area contributed by atoms with Gasteiger partial charge in [0.15, 0.2) is 0 Å². The van der Waals surface area contributed by atoms with Crippen molar-refractivity contribution in [3.63, 3.8) is 0 Å². The molecule has 0 saturated heterocycles. The molecule has 74 valence electrons. The molecule has 0 bridgehead atoms. The highest BCUT2D eigenvalue weighted by molar-refractivity contribution is 5.28. The maximum atomic E-state index is 9.93. The maximum absolute atomic E-state index is 9.93. The van der Waals surface area contributed by atoms with Crippen LogP contribution in [0.25, 0.3) is 0 Å². The van der Waals surface area contributed by atoms with Crippen molar-refractivity contribution in [1.29, 1.82) is 0 Å². The fraction of sp³-hybridized carbons (Fsp3) is 0.385. The van der Waals surface area contributed by atoms with Crippen LogP contribution in [0.5, 0.6) is 0 Å². The van der Waals surface area contributed by atoms with Crippen molar-refractivity contribution in [2.24, 2.45) is 5.92 Å². The molecule has 0 amide bonds. The van der Waals surface area contributed by atoms with Crippen molar-refractivity contribution in [2.75, 3.05) is 0 Å². The molecule has 0 heterocycles. The van der Waals surface area contributed by atoms with Crippen molar-refractivity contribution >= 4 is 0 Å². The van der Waals surface area contributed by atoms with Crippen LogP contribution in [-0.2, 0) is 0 Å². The van der Waals surface area contributed by atoms with E-state index in [0.717, 1.165) is 6.42 Å². The van der Waals surface area contributed by atoms with Gasteiger partial charge in [0.05, 0.1) is 5.60 Å². The minimum Gasteiger partial charge on any atom is -0.390 e. The van der Waals surface area contributed by atoms with Crippen molar-refractivity contribution in [2.45, 2.75) is 24.9 Å². The van der Waals surface area contributed by atoms with E-state index >= 15 is 0 Å². The molecule has 14 heavy (non-hydrogen) atoms. The van der Waals surface area contributed by atoms with Gasteiger partial charge in [-0.2, -0.15) is 0 Å². The van der Waals surface area contributed by atoms with Crippen LogP contribution in [0.15, 0.2) is 43.0 Å². The number of aliphatic hydroxyl groups is 1. The highest BCUT2D eigenvalue weighted by Gasteiger charge is 2.47. The Balaban J connectivity index is 2.20. The maximum Gasteiger partial charge on any atom is 0.0693 e. The number of benzene rings is 1. The molecule has 1 N–H and O–H groups in total. The Morgan fingerprint density at radius 2 is 2.07 bits per heavy atom. The summed E-state index contributed by atoms with van der Waals surface area (Å²) in [5.41, 5.74) is 0.756. The van der Waals surface area contributed by atoms with E-state index in [1.165, 1.54) is 5.56 Å². The molecule has 0 aliphatic heterocycles. The summed E-state index contributed by atoms with van der Waals surface area (Å²) >= 11 is 0. The molecular weight excluding hydrogens is 172 g/mol. The lowest BCUT2D eigenvalue weighted by Crippen LogP contribution is -2.49. The molecule has 0 aromatic heterocycles. The van der Waals surface area contributed by atoms with Gasteiger partial charge in [0.1, 0.15) is 0 Å². The lowest BCUT2D eigenvalue weighted by Gasteiger charge is -2.48. The Kier molecular flexibility index (Phi) is 2.20. The summed E-state index contributed by atoms with van der Waals surface area (Å²) in [5.74, 6) is 0.647. The van der Waals surface area contributed by atoms with E-state index in [1.807, 2.05) is 31.2 Å². The van der Waals surface area contributed by atoms with E-state index < -0.39 is 5.60 Å². The van der Waals surface area contributed by atoms with E-state index in [0.29, 0.717) is 5.92 Å². The third kappa shape index (κ3) is 1.38. The summed E-state index contributed by atoms with van der Waals surface area (Å²) < 4.78 is 0. The van der Waals surface area contributed by atoms with E-state index in [1.54, 1.807) is 0 Å². The molecular formula is C13H16O. The molecule has 1 heteroatoms. The first-order valence-corrected chi connectivity index (χ1v) is 5.05. The van der Waals surface area contributed by atoms with Gasteiger partial charge in [-0.05, 0) is 24.8 Å². The number of hydrogen-bond donors (Lipinski definition) is 1. The van der Waals surface area contributed by atoms with Crippen LogP contribution in [0.1, 0.15) is 24.8 Å². The quantitative estimate of drug-likeness (QED) is 0.707. The summed E-state index contributed by atoms with van der Waals surface area (Å²) in [4.78, 5) is 0. The number of hydrogen-bond acceptors (Lipinski definition) is 1. The van der Waals surface area contributed by atoms with Gasteiger partial charge >= 0.3 is 0 Å². The smallest absolute Gasteiger partial charge is 0.0693 e. The molecule has 1 fully saturated rings. The first-order chi connectivity index (χ1) is 6.65. The topological polar surface area (TPSA) is 20.2 Å². The molecule has 1 aliphatic rings. The average molecular weight is 188 g/mol. The van der Waals surface area contributed by atoms with Crippen LogP contribution in [0.2, 0.25) is 0 Å². The van der Waals surface area contributed by atoms with Gasteiger partial charge < -0.3 is 5.11 Å². The van der Waals surface area contributed by atoms with E-state index in [-0.39, 0.29) is 5.92 Å². The largest absolute Gasteiger partial charge is 0.390 e. The predicted molar refractivity (Wildman–Crippen MR) is 58.1 cm³/mol. The van der Waals surface area contributed by atoms with E-state index in [9.17, 15) is 5.11 Å². The lowest BCUT2D eigenvalue weighted by atomic mass is 9.60. The molecule has 2 rings (SSSR count). The SMILES string of the molecule is C=C[C@@H]1[C@@H](c2ccccc2)C[C@@]1(C)O. The highest BCUT2D eigenvalue weighted by atomic mass is 16.3. The van der Waals surface area contributed by atoms with Crippen LogP contribution in [0.3, 0.4) is 0 Å². The Morgan fingerprint density at radius 3 is 2.57 bits per heavy atom. The molecule has 1 saturated carbocycles. The normalized spacial score (nSPS) is 36.1. The van der Waals surface area contributed by atoms with E-state index in [2.05, 4.69) is 18.7 Å². The van der Waals surface area contributed by atoms with Gasteiger partial charge in [0, 0.05) is 5.92 Å². The van der Waals surface area contributed by atoms with Crippen LogP contribution < -0.4 is 0 Å². The third-order valence-corrected chi connectivity index (χ3v) is 3.27. The molecule has 0 unspecified atom stereocenters. The number of rotatable bonds is 2. The Hall–Kier alpha value is -1.08. The van der Waals surface area contributed by atoms with Gasteiger partial charge in [-0.25, -0.2) is 0 Å². The molecule has 1 aromatic rings. The standard InChI is InChI=1S/C13H16O/c1-3-12-11(9-13(12,2)14)10-7-5-4-6-8-10/h3-8,11-12,14H,1,9H2,2H3/t11-,12-,13-/m1/s1. The van der Waals surface area contributed by atoms with Gasteiger partial charge in [-0.3, -0.25) is 0 Å². The van der Waals surface area contributed by atoms with Crippen molar-refractivity contribution in [1.82, 2.24) is 0 Å². The Morgan fingerprint density at radius 1 is 1.43 bits per heavy atom. The second kappa shape index (κ2) is 3.25. The molecule has 1 aromatic carbocycles. The molecule has 1 nitrogen and oxygen atoms in total. The van der Waals surface area contributed by atoms with Crippen molar-refractivity contribution in [3.05, 3.63) is 48.6 Å². The van der Waals surface area contributed by atoms with E-state index in [4.69, 9.17) is 0 Å². The third-order valence-electron chi connectivity index (χ3n) is 3.27. The van der Waals surface area contributed by atoms with Gasteiger partial charge in [0.25, 0.3) is 0 Å². The van der Waals surface area contributed by atoms with Crippen LogP contribution in [0.4, 0.5) is 0 Å². The zero-order chi connectivity index (χ0) is 10.2. The highest BCUT2D eigenvalue weighted by Crippen LogP contribution is 2.50. The fourth-order valence-corrected chi connectivity index (χ4v) is 2.42. The Bertz CT molecular complexity index is 326. The first kappa shape index (κ1) is 9.47.